The predicted molar refractivity (Wildman–Crippen MR) is 112 cm³/mol. The van der Waals surface area contributed by atoms with E-state index >= 15 is 0 Å². The molecule has 0 aliphatic heterocycles. The summed E-state index contributed by atoms with van der Waals surface area (Å²) in [5.74, 6) is -3.99. The van der Waals surface area contributed by atoms with Crippen LogP contribution in [0.15, 0.2) is 35.5 Å². The van der Waals surface area contributed by atoms with Crippen molar-refractivity contribution < 1.29 is 34.8 Å². The minimum atomic E-state index is -1.90. The Morgan fingerprint density at radius 3 is 2.48 bits per heavy atom. The molecule has 0 saturated heterocycles. The van der Waals surface area contributed by atoms with Gasteiger partial charge in [-0.1, -0.05) is 39.0 Å². The number of carbonyl (C=O) groups excluding carboxylic acids is 2. The van der Waals surface area contributed by atoms with Gasteiger partial charge in [-0.05, 0) is 25.0 Å². The van der Waals surface area contributed by atoms with E-state index in [-0.39, 0.29) is 13.0 Å². The molecule has 170 valence electrons. The van der Waals surface area contributed by atoms with Crippen molar-refractivity contribution in [2.24, 2.45) is 29.1 Å². The summed E-state index contributed by atoms with van der Waals surface area (Å²) in [6.07, 6.45) is 4.99. The zero-order valence-corrected chi connectivity index (χ0v) is 18.6. The summed E-state index contributed by atoms with van der Waals surface area (Å²) in [4.78, 5) is 25.3. The van der Waals surface area contributed by atoms with E-state index in [2.05, 4.69) is 0 Å². The fourth-order valence-electron chi connectivity index (χ4n) is 6.91. The summed E-state index contributed by atoms with van der Waals surface area (Å²) in [6.45, 7) is 8.32. The highest BCUT2D eigenvalue weighted by molar-refractivity contribution is 6.04. The molecule has 0 aromatic carbocycles. The lowest BCUT2D eigenvalue weighted by Gasteiger charge is -2.52. The van der Waals surface area contributed by atoms with E-state index in [1.165, 1.54) is 12.2 Å². The van der Waals surface area contributed by atoms with Crippen LogP contribution in [0.3, 0.4) is 0 Å². The Balaban J connectivity index is 1.91. The van der Waals surface area contributed by atoms with Crippen LogP contribution in [0.2, 0.25) is 0 Å². The fourth-order valence-corrected chi connectivity index (χ4v) is 6.91. The van der Waals surface area contributed by atoms with Gasteiger partial charge in [0.25, 0.3) is 0 Å². The molecule has 4 N–H and O–H groups in total. The summed E-state index contributed by atoms with van der Waals surface area (Å²) in [7, 11) is 0. The van der Waals surface area contributed by atoms with E-state index in [9.17, 15) is 30.0 Å². The zero-order chi connectivity index (χ0) is 23.1. The van der Waals surface area contributed by atoms with Crippen LogP contribution in [0.5, 0.6) is 0 Å². The number of ether oxygens (including phenoxy) is 1. The van der Waals surface area contributed by atoms with Crippen molar-refractivity contribution in [3.63, 3.8) is 0 Å². The van der Waals surface area contributed by atoms with Gasteiger partial charge in [0.1, 0.15) is 17.3 Å². The number of hydrogen-bond donors (Lipinski definition) is 4. The van der Waals surface area contributed by atoms with Gasteiger partial charge in [-0.15, -0.1) is 0 Å². The Bertz CT molecular complexity index is 930. The summed E-state index contributed by atoms with van der Waals surface area (Å²) in [5, 5.41) is 45.4. The summed E-state index contributed by atoms with van der Waals surface area (Å²) < 4.78 is 5.69. The molecular weight excluding hydrogens is 400 g/mol. The number of Topliss-reactive ketones (excluding diaryl/α,β-unsaturated/α-hetero) is 1. The van der Waals surface area contributed by atoms with Gasteiger partial charge in [0.2, 0.25) is 0 Å². The molecule has 0 spiro atoms. The van der Waals surface area contributed by atoms with Crippen LogP contribution in [0, 0.1) is 29.1 Å². The maximum absolute atomic E-state index is 12.9. The highest BCUT2D eigenvalue weighted by Crippen LogP contribution is 2.75. The summed E-state index contributed by atoms with van der Waals surface area (Å²) >= 11 is 0. The Labute approximate surface area is 182 Å². The molecule has 0 heterocycles. The number of fused-ring (bicyclic) bond motifs is 5. The summed E-state index contributed by atoms with van der Waals surface area (Å²) in [6, 6.07) is 0. The maximum atomic E-state index is 12.9. The van der Waals surface area contributed by atoms with Crippen LogP contribution in [0.1, 0.15) is 41.0 Å². The molecule has 7 heteroatoms. The normalized spacial score (nSPS) is 47.6. The fraction of sp³-hybridized carbons (Fsp3) is 0.667. The number of rotatable bonds is 3. The second kappa shape index (κ2) is 6.61. The van der Waals surface area contributed by atoms with E-state index in [1.54, 1.807) is 32.9 Å². The van der Waals surface area contributed by atoms with Crippen molar-refractivity contribution in [2.45, 2.75) is 63.9 Å². The molecule has 0 aromatic rings. The minimum Gasteiger partial charge on any atom is -0.456 e. The van der Waals surface area contributed by atoms with E-state index < -0.39 is 63.7 Å². The molecule has 8 atom stereocenters. The average molecular weight is 433 g/mol. The van der Waals surface area contributed by atoms with Gasteiger partial charge in [0.15, 0.2) is 5.78 Å². The molecule has 4 rings (SSSR count). The lowest BCUT2D eigenvalue weighted by molar-refractivity contribution is -0.219. The molecule has 7 nitrogen and oxygen atoms in total. The number of aliphatic hydroxyl groups excluding tert-OH is 1. The molecule has 4 aliphatic carbocycles. The first-order valence-corrected chi connectivity index (χ1v) is 10.9. The van der Waals surface area contributed by atoms with Crippen LogP contribution in [-0.4, -0.2) is 61.7 Å². The molecule has 2 saturated carbocycles. The van der Waals surface area contributed by atoms with Gasteiger partial charge in [-0.25, -0.2) is 4.79 Å². The van der Waals surface area contributed by atoms with Crippen LogP contribution in [0.4, 0.5) is 0 Å². The van der Waals surface area contributed by atoms with E-state index in [0.717, 1.165) is 0 Å². The van der Waals surface area contributed by atoms with Crippen molar-refractivity contribution >= 4 is 11.8 Å². The number of hydrogen-bond acceptors (Lipinski definition) is 7. The molecule has 0 unspecified atom stereocenters. The van der Waals surface area contributed by atoms with Crippen LogP contribution >= 0.6 is 0 Å². The number of ketones is 1. The largest absolute Gasteiger partial charge is 0.456 e. The third-order valence-corrected chi connectivity index (χ3v) is 8.55. The predicted octanol–water partition coefficient (Wildman–Crippen LogP) is 1.06. The third kappa shape index (κ3) is 2.55. The highest BCUT2D eigenvalue weighted by atomic mass is 16.6. The first kappa shape index (κ1) is 22.4. The third-order valence-electron chi connectivity index (χ3n) is 8.55. The van der Waals surface area contributed by atoms with Gasteiger partial charge >= 0.3 is 5.97 Å². The molecule has 0 radical (unpaired) electrons. The lowest BCUT2D eigenvalue weighted by Crippen LogP contribution is -2.65. The van der Waals surface area contributed by atoms with Gasteiger partial charge < -0.3 is 25.2 Å². The summed E-state index contributed by atoms with van der Waals surface area (Å²) in [5.41, 5.74) is -4.86. The molecule has 0 bridgehead atoms. The lowest BCUT2D eigenvalue weighted by atomic mass is 9.59. The van der Waals surface area contributed by atoms with Gasteiger partial charge in [0, 0.05) is 41.6 Å². The minimum absolute atomic E-state index is 0.0963. The smallest absolute Gasteiger partial charge is 0.330 e. The Morgan fingerprint density at radius 2 is 1.90 bits per heavy atom. The highest BCUT2D eigenvalue weighted by Gasteiger charge is 2.85. The number of esters is 1. The molecule has 0 aromatic heterocycles. The van der Waals surface area contributed by atoms with Crippen molar-refractivity contribution in [2.75, 3.05) is 6.61 Å². The van der Waals surface area contributed by atoms with Crippen LogP contribution < -0.4 is 0 Å². The van der Waals surface area contributed by atoms with Crippen molar-refractivity contribution in [1.82, 2.24) is 0 Å². The van der Waals surface area contributed by atoms with Gasteiger partial charge in [-0.3, -0.25) is 4.79 Å². The van der Waals surface area contributed by atoms with E-state index in [1.807, 2.05) is 13.8 Å². The molecule has 0 amide bonds. The molecule has 4 aliphatic rings. The van der Waals surface area contributed by atoms with Crippen molar-refractivity contribution in [3.05, 3.63) is 35.5 Å². The van der Waals surface area contributed by atoms with Gasteiger partial charge in [-0.2, -0.15) is 0 Å². The first-order valence-electron chi connectivity index (χ1n) is 10.9. The Kier molecular flexibility index (Phi) is 4.77. The Hall–Kier alpha value is -1.80. The maximum Gasteiger partial charge on any atom is 0.330 e. The molecule has 31 heavy (non-hydrogen) atoms. The SMILES string of the molecule is C/C=C/C(=O)O[C@@H]1[C@@H](C)[C@@]2(O)[C@@H](C=C(CO)C[C@]3(O)C(=O)C(C)=C[C@@H]23)[C@@H]2C(C)(C)[C@]12O. The second-order valence-electron chi connectivity index (χ2n) is 10.3. The van der Waals surface area contributed by atoms with E-state index in [0.29, 0.717) is 11.1 Å². The molecule has 2 fully saturated rings. The average Bonchev–Trinajstić information content (AvgIpc) is 3.09. The first-order chi connectivity index (χ1) is 14.3. The number of allylic oxidation sites excluding steroid dienone is 1. The number of aliphatic hydroxyl groups is 4. The monoisotopic (exact) mass is 432 g/mol. The van der Waals surface area contributed by atoms with Crippen LogP contribution in [0.25, 0.3) is 0 Å². The van der Waals surface area contributed by atoms with E-state index in [4.69, 9.17) is 4.74 Å². The van der Waals surface area contributed by atoms with Gasteiger partial charge in [0.05, 0.1) is 12.2 Å². The van der Waals surface area contributed by atoms with Crippen LogP contribution in [-0.2, 0) is 14.3 Å². The standard InChI is InChI=1S/C24H32O7/c1-6-7-17(26)31-20-13(3)23(29)15(18-21(4,5)24(18,20)30)9-14(11-25)10-22(28)16(23)8-12(2)19(22)27/h6-9,13,15-16,18,20,25,28-30H,10-11H2,1-5H3/b7-6+/t13-,15+,16-,18-,20-,22-,23-,24-/m1/s1. The number of carbonyl (C=O) groups is 2. The zero-order valence-electron chi connectivity index (χ0n) is 18.6. The molecular formula is C24H32O7. The van der Waals surface area contributed by atoms with Crippen molar-refractivity contribution in [1.29, 1.82) is 0 Å². The second-order valence-corrected chi connectivity index (χ2v) is 10.3. The Morgan fingerprint density at radius 1 is 1.26 bits per heavy atom. The quantitative estimate of drug-likeness (QED) is 0.299. The topological polar surface area (TPSA) is 124 Å². The van der Waals surface area contributed by atoms with Crippen molar-refractivity contribution in [3.8, 4) is 0 Å².